The van der Waals surface area contributed by atoms with E-state index in [-0.39, 0.29) is 12.0 Å². The van der Waals surface area contributed by atoms with Crippen LogP contribution in [0, 0.1) is 0 Å². The molecule has 3 rings (SSSR count). The van der Waals surface area contributed by atoms with Gasteiger partial charge in [-0.2, -0.15) is 0 Å². The minimum atomic E-state index is -0.458. The molecule has 0 unspecified atom stereocenters. The SMILES string of the molecule is O=C(c1ccc(=O)oc1)N1CCC(Oc2cccnc2)CC1. The third-order valence-electron chi connectivity index (χ3n) is 3.61. The summed E-state index contributed by atoms with van der Waals surface area (Å²) < 4.78 is 10.6. The number of piperidine rings is 1. The highest BCUT2D eigenvalue weighted by Gasteiger charge is 2.25. The zero-order valence-electron chi connectivity index (χ0n) is 12.0. The Kier molecular flexibility index (Phi) is 4.18. The molecule has 1 aliphatic heterocycles. The molecule has 1 amide bonds. The molecule has 3 heterocycles. The molecule has 0 spiro atoms. The molecular weight excluding hydrogens is 284 g/mol. The van der Waals surface area contributed by atoms with E-state index in [1.54, 1.807) is 17.3 Å². The van der Waals surface area contributed by atoms with Gasteiger partial charge in [-0.3, -0.25) is 9.78 Å². The van der Waals surface area contributed by atoms with Gasteiger partial charge in [0.1, 0.15) is 18.1 Å². The Labute approximate surface area is 127 Å². The van der Waals surface area contributed by atoms with E-state index in [0.717, 1.165) is 18.6 Å². The van der Waals surface area contributed by atoms with Crippen LogP contribution in [-0.2, 0) is 0 Å². The van der Waals surface area contributed by atoms with Gasteiger partial charge < -0.3 is 14.1 Å². The number of aromatic nitrogens is 1. The Hall–Kier alpha value is -2.63. The van der Waals surface area contributed by atoms with Crippen molar-refractivity contribution in [1.82, 2.24) is 9.88 Å². The lowest BCUT2D eigenvalue weighted by Crippen LogP contribution is -2.41. The largest absolute Gasteiger partial charge is 0.489 e. The second-order valence-corrected chi connectivity index (χ2v) is 5.14. The van der Waals surface area contributed by atoms with Gasteiger partial charge in [-0.1, -0.05) is 0 Å². The van der Waals surface area contributed by atoms with E-state index in [2.05, 4.69) is 4.98 Å². The first-order valence-corrected chi connectivity index (χ1v) is 7.17. The summed E-state index contributed by atoms with van der Waals surface area (Å²) in [5, 5.41) is 0. The fourth-order valence-corrected chi connectivity index (χ4v) is 2.45. The zero-order chi connectivity index (χ0) is 15.4. The lowest BCUT2D eigenvalue weighted by molar-refractivity contribution is 0.0592. The van der Waals surface area contributed by atoms with Gasteiger partial charge in [-0.25, -0.2) is 4.79 Å². The van der Waals surface area contributed by atoms with Crippen molar-refractivity contribution in [3.8, 4) is 5.75 Å². The molecule has 0 saturated carbocycles. The second kappa shape index (κ2) is 6.43. The zero-order valence-corrected chi connectivity index (χ0v) is 12.0. The van der Waals surface area contributed by atoms with E-state index in [4.69, 9.17) is 9.15 Å². The van der Waals surface area contributed by atoms with Crippen LogP contribution in [0.25, 0.3) is 0 Å². The standard InChI is InChI=1S/C16H16N2O4/c19-15-4-3-12(11-21-15)16(20)18-8-5-13(6-9-18)22-14-2-1-7-17-10-14/h1-4,7,10-11,13H,5-6,8-9H2. The lowest BCUT2D eigenvalue weighted by Gasteiger charge is -2.32. The van der Waals surface area contributed by atoms with Gasteiger partial charge in [0.25, 0.3) is 5.91 Å². The molecule has 114 valence electrons. The van der Waals surface area contributed by atoms with E-state index in [1.807, 2.05) is 12.1 Å². The van der Waals surface area contributed by atoms with E-state index in [9.17, 15) is 9.59 Å². The lowest BCUT2D eigenvalue weighted by atomic mass is 10.1. The second-order valence-electron chi connectivity index (χ2n) is 5.14. The van der Waals surface area contributed by atoms with Crippen molar-refractivity contribution < 1.29 is 13.9 Å². The van der Waals surface area contributed by atoms with Crippen molar-refractivity contribution in [2.45, 2.75) is 18.9 Å². The predicted octanol–water partition coefficient (Wildman–Crippen LogP) is 1.72. The number of nitrogens with zero attached hydrogens (tertiary/aromatic N) is 2. The summed E-state index contributed by atoms with van der Waals surface area (Å²) in [5.74, 6) is 0.626. The molecule has 0 radical (unpaired) electrons. The number of carbonyl (C=O) groups is 1. The number of hydrogen-bond donors (Lipinski definition) is 0. The molecule has 0 aromatic carbocycles. The highest BCUT2D eigenvalue weighted by atomic mass is 16.5. The first kappa shape index (κ1) is 14.3. The Morgan fingerprint density at radius 2 is 2.09 bits per heavy atom. The van der Waals surface area contributed by atoms with Gasteiger partial charge in [0, 0.05) is 38.2 Å². The molecule has 1 fully saturated rings. The maximum absolute atomic E-state index is 12.3. The average Bonchev–Trinajstić information content (AvgIpc) is 2.57. The summed E-state index contributed by atoms with van der Waals surface area (Å²) in [6.07, 6.45) is 6.20. The van der Waals surface area contributed by atoms with Crippen LogP contribution in [0.2, 0.25) is 0 Å². The van der Waals surface area contributed by atoms with Crippen molar-refractivity contribution in [2.24, 2.45) is 0 Å². The first-order chi connectivity index (χ1) is 10.7. The van der Waals surface area contributed by atoms with E-state index in [0.29, 0.717) is 18.7 Å². The van der Waals surface area contributed by atoms with Crippen molar-refractivity contribution in [1.29, 1.82) is 0 Å². The topological polar surface area (TPSA) is 72.6 Å². The summed E-state index contributed by atoms with van der Waals surface area (Å²) in [4.78, 5) is 29.0. The summed E-state index contributed by atoms with van der Waals surface area (Å²) in [5.41, 5.74) is -0.0636. The van der Waals surface area contributed by atoms with E-state index in [1.165, 1.54) is 18.4 Å². The van der Waals surface area contributed by atoms with Crippen LogP contribution in [0.1, 0.15) is 23.2 Å². The van der Waals surface area contributed by atoms with Crippen LogP contribution in [0.5, 0.6) is 5.75 Å². The van der Waals surface area contributed by atoms with E-state index >= 15 is 0 Å². The molecule has 1 saturated heterocycles. The molecule has 0 bridgehead atoms. The van der Waals surface area contributed by atoms with Crippen LogP contribution in [-0.4, -0.2) is 35.0 Å². The number of hydrogen-bond acceptors (Lipinski definition) is 5. The maximum atomic E-state index is 12.3. The minimum Gasteiger partial charge on any atom is -0.489 e. The monoisotopic (exact) mass is 300 g/mol. The molecule has 6 heteroatoms. The number of amides is 1. The molecule has 0 N–H and O–H groups in total. The molecule has 0 aliphatic carbocycles. The van der Waals surface area contributed by atoms with E-state index < -0.39 is 5.63 Å². The summed E-state index contributed by atoms with van der Waals surface area (Å²) in [6.45, 7) is 1.23. The van der Waals surface area contributed by atoms with Gasteiger partial charge in [0.15, 0.2) is 0 Å². The minimum absolute atomic E-state index is 0.0851. The molecule has 6 nitrogen and oxygen atoms in total. The number of carbonyl (C=O) groups excluding carboxylic acids is 1. The number of ether oxygens (including phenoxy) is 1. The van der Waals surface area contributed by atoms with Crippen molar-refractivity contribution in [2.75, 3.05) is 13.1 Å². The molecule has 0 atom stereocenters. The van der Waals surface area contributed by atoms with Crippen LogP contribution >= 0.6 is 0 Å². The molecule has 2 aromatic rings. The number of pyridine rings is 1. The number of rotatable bonds is 3. The molecule has 22 heavy (non-hydrogen) atoms. The van der Waals surface area contributed by atoms with Gasteiger partial charge in [0.05, 0.1) is 11.8 Å². The Morgan fingerprint density at radius 3 is 2.73 bits per heavy atom. The van der Waals surface area contributed by atoms with Crippen LogP contribution in [0.15, 0.2) is 52.1 Å². The Morgan fingerprint density at radius 1 is 1.27 bits per heavy atom. The Balaban J connectivity index is 1.56. The fourth-order valence-electron chi connectivity index (χ4n) is 2.45. The molecule has 2 aromatic heterocycles. The average molecular weight is 300 g/mol. The van der Waals surface area contributed by atoms with Gasteiger partial charge >= 0.3 is 5.63 Å². The van der Waals surface area contributed by atoms with Gasteiger partial charge in [-0.05, 0) is 18.2 Å². The summed E-state index contributed by atoms with van der Waals surface area (Å²) in [6, 6.07) is 6.45. The molecule has 1 aliphatic rings. The third-order valence-corrected chi connectivity index (χ3v) is 3.61. The van der Waals surface area contributed by atoms with Crippen LogP contribution in [0.4, 0.5) is 0 Å². The normalized spacial score (nSPS) is 15.5. The first-order valence-electron chi connectivity index (χ1n) is 7.17. The van der Waals surface area contributed by atoms with Crippen LogP contribution in [0.3, 0.4) is 0 Å². The quantitative estimate of drug-likeness (QED) is 0.863. The van der Waals surface area contributed by atoms with Gasteiger partial charge in [0.2, 0.25) is 0 Å². The highest BCUT2D eigenvalue weighted by molar-refractivity contribution is 5.93. The highest BCUT2D eigenvalue weighted by Crippen LogP contribution is 2.19. The van der Waals surface area contributed by atoms with Crippen molar-refractivity contribution in [3.05, 3.63) is 58.9 Å². The summed E-state index contributed by atoms with van der Waals surface area (Å²) >= 11 is 0. The summed E-state index contributed by atoms with van der Waals surface area (Å²) in [7, 11) is 0. The van der Waals surface area contributed by atoms with Gasteiger partial charge in [-0.15, -0.1) is 0 Å². The van der Waals surface area contributed by atoms with Crippen LogP contribution < -0.4 is 10.4 Å². The predicted molar refractivity (Wildman–Crippen MR) is 78.8 cm³/mol. The Bertz CT molecular complexity index is 670. The molecular formula is C16H16N2O4. The maximum Gasteiger partial charge on any atom is 0.335 e. The number of likely N-dealkylation sites (tertiary alicyclic amines) is 1. The van der Waals surface area contributed by atoms with Crippen molar-refractivity contribution in [3.63, 3.8) is 0 Å². The fraction of sp³-hybridized carbons (Fsp3) is 0.312. The van der Waals surface area contributed by atoms with Crippen molar-refractivity contribution >= 4 is 5.91 Å². The third kappa shape index (κ3) is 3.33. The smallest absolute Gasteiger partial charge is 0.335 e.